The molecule has 0 bridgehead atoms. The predicted molar refractivity (Wildman–Crippen MR) is 67.1 cm³/mol. The fraction of sp³-hybridized carbons (Fsp3) is 0.417. The van der Waals surface area contributed by atoms with Crippen LogP contribution in [-0.2, 0) is 20.7 Å². The first-order valence-corrected chi connectivity index (χ1v) is 6.42. The number of fused-ring (bicyclic) bond motifs is 1. The summed E-state index contributed by atoms with van der Waals surface area (Å²) >= 11 is 1.17. The van der Waals surface area contributed by atoms with Crippen molar-refractivity contribution in [2.45, 2.75) is 12.5 Å². The van der Waals surface area contributed by atoms with Gasteiger partial charge in [0.2, 0.25) is 11.8 Å². The quantitative estimate of drug-likeness (QED) is 0.840. The standard InChI is InChI=1S/C12H12N3O3S/c1-18-5-9(16)15-3-2-8-7(4-13)6-19-11(8)10(15)12(14)17/h10H,2-3,5H2,1H3,(H2,14,17). The van der Waals surface area contributed by atoms with Crippen LogP contribution >= 0.6 is 11.3 Å². The van der Waals surface area contributed by atoms with E-state index in [1.165, 1.54) is 23.3 Å². The summed E-state index contributed by atoms with van der Waals surface area (Å²) in [5.41, 5.74) is 6.60. The van der Waals surface area contributed by atoms with Crippen LogP contribution in [0.2, 0.25) is 0 Å². The fourth-order valence-electron chi connectivity index (χ4n) is 2.17. The van der Waals surface area contributed by atoms with Crippen molar-refractivity contribution in [1.29, 1.82) is 5.26 Å². The summed E-state index contributed by atoms with van der Waals surface area (Å²) in [6.45, 7) is 0.251. The van der Waals surface area contributed by atoms with E-state index < -0.39 is 11.9 Å². The fourth-order valence-corrected chi connectivity index (χ4v) is 3.24. The van der Waals surface area contributed by atoms with Crippen molar-refractivity contribution in [3.05, 3.63) is 21.4 Å². The first kappa shape index (κ1) is 13.5. The summed E-state index contributed by atoms with van der Waals surface area (Å²) in [4.78, 5) is 25.6. The third kappa shape index (κ3) is 2.32. The number of rotatable bonds is 3. The number of nitrogens with two attached hydrogens (primary N) is 1. The number of thiophene rings is 1. The highest BCUT2D eigenvalue weighted by Gasteiger charge is 2.36. The lowest BCUT2D eigenvalue weighted by atomic mass is 9.98. The lowest BCUT2D eigenvalue weighted by Gasteiger charge is -2.33. The largest absolute Gasteiger partial charge is 0.375 e. The van der Waals surface area contributed by atoms with Gasteiger partial charge in [-0.05, 0) is 12.0 Å². The van der Waals surface area contributed by atoms with E-state index in [1.807, 2.05) is 6.07 Å². The second-order valence-corrected chi connectivity index (χ2v) is 4.96. The zero-order chi connectivity index (χ0) is 14.0. The molecule has 6 nitrogen and oxygen atoms in total. The molecule has 2 rings (SSSR count). The predicted octanol–water partition coefficient (Wildman–Crippen LogP) is -0.0225. The van der Waals surface area contributed by atoms with E-state index in [-0.39, 0.29) is 12.5 Å². The smallest absolute Gasteiger partial charge is 0.249 e. The highest BCUT2D eigenvalue weighted by molar-refractivity contribution is 7.10. The number of primary amides is 1. The Morgan fingerprint density at radius 3 is 3.00 bits per heavy atom. The number of carbonyl (C=O) groups is 2. The molecule has 0 saturated carbocycles. The van der Waals surface area contributed by atoms with Crippen LogP contribution in [0.15, 0.2) is 0 Å². The Labute approximate surface area is 114 Å². The number of ether oxygens (including phenoxy) is 1. The van der Waals surface area contributed by atoms with Crippen LogP contribution in [0.4, 0.5) is 0 Å². The summed E-state index contributed by atoms with van der Waals surface area (Å²) in [6, 6.07) is 1.21. The summed E-state index contributed by atoms with van der Waals surface area (Å²) in [6.07, 6.45) is 0.525. The normalized spacial score (nSPS) is 17.7. The number of amides is 2. The van der Waals surface area contributed by atoms with E-state index in [0.717, 1.165) is 5.56 Å². The Hall–Kier alpha value is -1.91. The van der Waals surface area contributed by atoms with Gasteiger partial charge in [0.1, 0.15) is 18.7 Å². The van der Waals surface area contributed by atoms with Gasteiger partial charge in [0.05, 0.1) is 10.9 Å². The van der Waals surface area contributed by atoms with Crippen LogP contribution in [0.3, 0.4) is 0 Å². The van der Waals surface area contributed by atoms with Crippen LogP contribution < -0.4 is 5.73 Å². The van der Waals surface area contributed by atoms with Crippen molar-refractivity contribution < 1.29 is 14.3 Å². The summed E-state index contributed by atoms with van der Waals surface area (Å²) < 4.78 is 4.80. The minimum absolute atomic E-state index is 0.0979. The Morgan fingerprint density at radius 2 is 2.42 bits per heavy atom. The Bertz CT molecular complexity index is 561. The molecule has 1 atom stereocenters. The van der Waals surface area contributed by atoms with Gasteiger partial charge < -0.3 is 15.4 Å². The molecule has 1 radical (unpaired) electrons. The van der Waals surface area contributed by atoms with Crippen molar-refractivity contribution in [1.82, 2.24) is 4.90 Å². The number of hydrogen-bond donors (Lipinski definition) is 1. The monoisotopic (exact) mass is 278 g/mol. The van der Waals surface area contributed by atoms with Crippen LogP contribution in [-0.4, -0.2) is 37.0 Å². The molecular weight excluding hydrogens is 266 g/mol. The summed E-state index contributed by atoms with van der Waals surface area (Å²) in [7, 11) is 1.42. The van der Waals surface area contributed by atoms with Gasteiger partial charge in [-0.3, -0.25) is 9.59 Å². The SMILES string of the molecule is COCC(=O)N1CCc2c(C#N)[c]sc2C1C(N)=O. The first-order valence-electron chi connectivity index (χ1n) is 5.61. The van der Waals surface area contributed by atoms with Gasteiger partial charge in [-0.25, -0.2) is 0 Å². The van der Waals surface area contributed by atoms with Gasteiger partial charge in [0, 0.05) is 18.5 Å². The van der Waals surface area contributed by atoms with Crippen LogP contribution in [0, 0.1) is 16.7 Å². The highest BCUT2D eigenvalue weighted by Crippen LogP contribution is 2.35. The van der Waals surface area contributed by atoms with Crippen molar-refractivity contribution in [3.8, 4) is 6.07 Å². The van der Waals surface area contributed by atoms with E-state index in [9.17, 15) is 9.59 Å². The van der Waals surface area contributed by atoms with E-state index >= 15 is 0 Å². The molecule has 0 spiro atoms. The van der Waals surface area contributed by atoms with E-state index in [4.69, 9.17) is 15.7 Å². The molecule has 2 heterocycles. The molecule has 0 aliphatic carbocycles. The summed E-state index contributed by atoms with van der Waals surface area (Å²) in [5, 5.41) is 11.8. The second kappa shape index (κ2) is 5.38. The maximum absolute atomic E-state index is 11.9. The molecule has 1 aliphatic heterocycles. The van der Waals surface area contributed by atoms with Gasteiger partial charge in [0.25, 0.3) is 0 Å². The Kier molecular flexibility index (Phi) is 3.83. The topological polar surface area (TPSA) is 96.4 Å². The van der Waals surface area contributed by atoms with Gasteiger partial charge in [-0.15, -0.1) is 11.3 Å². The minimum atomic E-state index is -0.824. The Morgan fingerprint density at radius 1 is 1.68 bits per heavy atom. The molecule has 2 amide bonds. The number of nitrogens with zero attached hydrogens (tertiary/aromatic N) is 2. The molecule has 1 aromatic rings. The average Bonchev–Trinajstić information content (AvgIpc) is 2.80. The highest BCUT2D eigenvalue weighted by atomic mass is 32.1. The minimum Gasteiger partial charge on any atom is -0.375 e. The number of methoxy groups -OCH3 is 1. The molecular formula is C12H12N3O3S. The maximum Gasteiger partial charge on any atom is 0.249 e. The van der Waals surface area contributed by atoms with Crippen molar-refractivity contribution in [3.63, 3.8) is 0 Å². The van der Waals surface area contributed by atoms with Crippen molar-refractivity contribution >= 4 is 23.2 Å². The maximum atomic E-state index is 11.9. The lowest BCUT2D eigenvalue weighted by molar-refractivity contribution is -0.143. The molecule has 99 valence electrons. The molecule has 1 aromatic heterocycles. The van der Waals surface area contributed by atoms with E-state index in [0.29, 0.717) is 23.4 Å². The molecule has 0 fully saturated rings. The number of hydrogen-bond acceptors (Lipinski definition) is 5. The molecule has 0 saturated heterocycles. The zero-order valence-corrected chi connectivity index (χ0v) is 11.1. The summed E-state index contributed by atoms with van der Waals surface area (Å²) in [5.74, 6) is -0.894. The average molecular weight is 278 g/mol. The zero-order valence-electron chi connectivity index (χ0n) is 10.3. The van der Waals surface area contributed by atoms with Crippen LogP contribution in [0.1, 0.15) is 22.0 Å². The lowest BCUT2D eigenvalue weighted by Crippen LogP contribution is -2.46. The van der Waals surface area contributed by atoms with Crippen LogP contribution in [0.25, 0.3) is 0 Å². The third-order valence-corrected chi connectivity index (χ3v) is 3.99. The van der Waals surface area contributed by atoms with E-state index in [1.54, 1.807) is 0 Å². The van der Waals surface area contributed by atoms with Crippen LogP contribution in [0.5, 0.6) is 0 Å². The van der Waals surface area contributed by atoms with Gasteiger partial charge in [-0.1, -0.05) is 0 Å². The van der Waals surface area contributed by atoms with Gasteiger partial charge >= 0.3 is 0 Å². The van der Waals surface area contributed by atoms with E-state index in [2.05, 4.69) is 5.38 Å². The van der Waals surface area contributed by atoms with Crippen molar-refractivity contribution in [2.24, 2.45) is 5.73 Å². The molecule has 2 N–H and O–H groups in total. The molecule has 1 unspecified atom stereocenters. The van der Waals surface area contributed by atoms with Crippen molar-refractivity contribution in [2.75, 3.05) is 20.3 Å². The number of carbonyl (C=O) groups excluding carboxylic acids is 2. The first-order chi connectivity index (χ1) is 9.10. The Balaban J connectivity index is 2.40. The number of nitriles is 1. The molecule has 0 aromatic carbocycles. The molecule has 1 aliphatic rings. The second-order valence-electron chi connectivity index (χ2n) is 4.11. The van der Waals surface area contributed by atoms with Gasteiger partial charge in [0.15, 0.2) is 0 Å². The molecule has 7 heteroatoms. The third-order valence-electron chi connectivity index (χ3n) is 2.99. The molecule has 19 heavy (non-hydrogen) atoms. The van der Waals surface area contributed by atoms with Gasteiger partial charge in [-0.2, -0.15) is 5.26 Å².